The molecule has 0 bridgehead atoms. The highest BCUT2D eigenvalue weighted by molar-refractivity contribution is 5.49. The Morgan fingerprint density at radius 3 is 2.86 bits per heavy atom. The van der Waals surface area contributed by atoms with Gasteiger partial charge in [-0.2, -0.15) is 0 Å². The molecule has 2 rings (SSSR count). The van der Waals surface area contributed by atoms with Gasteiger partial charge in [-0.15, -0.1) is 0 Å². The molecule has 6 nitrogen and oxygen atoms in total. The van der Waals surface area contributed by atoms with Gasteiger partial charge in [-0.25, -0.2) is 9.97 Å². The van der Waals surface area contributed by atoms with Crippen LogP contribution in [0.1, 0.15) is 0 Å². The Balaban J connectivity index is 2.58. The maximum Gasteiger partial charge on any atom is 0.253 e. The summed E-state index contributed by atoms with van der Waals surface area (Å²) in [5.41, 5.74) is 5.59. The van der Waals surface area contributed by atoms with Gasteiger partial charge < -0.3 is 10.7 Å². The van der Waals surface area contributed by atoms with Crippen molar-refractivity contribution in [2.45, 2.75) is 0 Å². The number of hydrogen-bond donors (Lipinski definition) is 2. The molecule has 0 spiro atoms. The van der Waals surface area contributed by atoms with Crippen molar-refractivity contribution in [1.82, 2.24) is 19.9 Å². The predicted molar refractivity (Wildman–Crippen MR) is 50.3 cm³/mol. The highest BCUT2D eigenvalue weighted by atomic mass is 16.1. The molecule has 0 aliphatic rings. The summed E-state index contributed by atoms with van der Waals surface area (Å²) in [5.74, 6) is 0.484. The summed E-state index contributed by atoms with van der Waals surface area (Å²) < 4.78 is 0. The van der Waals surface area contributed by atoms with Gasteiger partial charge in [-0.05, 0) is 0 Å². The molecule has 0 aliphatic heterocycles. The predicted octanol–water partition coefficient (Wildman–Crippen LogP) is -0.191. The van der Waals surface area contributed by atoms with Crippen molar-refractivity contribution in [3.63, 3.8) is 0 Å². The molecule has 0 amide bonds. The molecule has 14 heavy (non-hydrogen) atoms. The smallest absolute Gasteiger partial charge is 0.253 e. The van der Waals surface area contributed by atoms with Crippen molar-refractivity contribution >= 4 is 5.82 Å². The lowest BCUT2D eigenvalue weighted by Crippen LogP contribution is -2.10. The first-order valence-electron chi connectivity index (χ1n) is 3.89. The van der Waals surface area contributed by atoms with E-state index in [0.29, 0.717) is 11.5 Å². The molecule has 2 heterocycles. The number of nitrogens with two attached hydrogens (primary N) is 1. The quantitative estimate of drug-likeness (QED) is 0.647. The van der Waals surface area contributed by atoms with Gasteiger partial charge in [-0.3, -0.25) is 9.78 Å². The van der Waals surface area contributed by atoms with Crippen molar-refractivity contribution in [2.24, 2.45) is 0 Å². The molecule has 6 heteroatoms. The molecular weight excluding hydrogens is 182 g/mol. The lowest BCUT2D eigenvalue weighted by Gasteiger charge is -1.98. The number of nitrogen functional groups attached to an aromatic ring is 1. The van der Waals surface area contributed by atoms with Crippen LogP contribution in [0.25, 0.3) is 11.5 Å². The first-order chi connectivity index (χ1) is 6.75. The summed E-state index contributed by atoms with van der Waals surface area (Å²) in [6.45, 7) is 0. The van der Waals surface area contributed by atoms with Gasteiger partial charge in [0.25, 0.3) is 5.56 Å². The SMILES string of the molecule is Nc1cc(=O)[nH]c(-c2cnccn2)n1. The van der Waals surface area contributed by atoms with Crippen molar-refractivity contribution in [2.75, 3.05) is 5.73 Å². The average molecular weight is 189 g/mol. The maximum absolute atomic E-state index is 11.1. The zero-order valence-corrected chi connectivity index (χ0v) is 7.14. The van der Waals surface area contributed by atoms with Crippen molar-refractivity contribution < 1.29 is 0 Å². The van der Waals surface area contributed by atoms with Crippen LogP contribution in [0.5, 0.6) is 0 Å². The van der Waals surface area contributed by atoms with Crippen LogP contribution < -0.4 is 11.3 Å². The Bertz CT molecular complexity index is 493. The van der Waals surface area contributed by atoms with Gasteiger partial charge in [0.2, 0.25) is 0 Å². The summed E-state index contributed by atoms with van der Waals surface area (Å²) in [5, 5.41) is 0. The zero-order chi connectivity index (χ0) is 9.97. The van der Waals surface area contributed by atoms with E-state index in [-0.39, 0.29) is 11.4 Å². The van der Waals surface area contributed by atoms with E-state index in [9.17, 15) is 4.79 Å². The van der Waals surface area contributed by atoms with Crippen LogP contribution in [0.15, 0.2) is 29.5 Å². The van der Waals surface area contributed by atoms with Crippen LogP contribution >= 0.6 is 0 Å². The summed E-state index contributed by atoms with van der Waals surface area (Å²) in [6.07, 6.45) is 4.55. The molecular formula is C8H7N5O. The summed E-state index contributed by atoms with van der Waals surface area (Å²) in [6, 6.07) is 1.21. The minimum Gasteiger partial charge on any atom is -0.383 e. The molecule has 3 N–H and O–H groups in total. The molecule has 0 fully saturated rings. The fourth-order valence-electron chi connectivity index (χ4n) is 1.02. The first-order valence-corrected chi connectivity index (χ1v) is 3.89. The van der Waals surface area contributed by atoms with E-state index in [4.69, 9.17) is 5.73 Å². The number of H-pyrrole nitrogens is 1. The second kappa shape index (κ2) is 3.25. The van der Waals surface area contributed by atoms with E-state index >= 15 is 0 Å². The molecule has 70 valence electrons. The van der Waals surface area contributed by atoms with Gasteiger partial charge in [0, 0.05) is 18.5 Å². The molecule has 0 saturated heterocycles. The molecule has 2 aromatic heterocycles. The molecule has 0 saturated carbocycles. The Morgan fingerprint density at radius 1 is 1.36 bits per heavy atom. The number of aromatic nitrogens is 4. The van der Waals surface area contributed by atoms with E-state index in [2.05, 4.69) is 19.9 Å². The zero-order valence-electron chi connectivity index (χ0n) is 7.14. The van der Waals surface area contributed by atoms with Gasteiger partial charge in [0.15, 0.2) is 5.82 Å². The Kier molecular flexibility index (Phi) is 1.94. The van der Waals surface area contributed by atoms with Crippen LogP contribution in [0.4, 0.5) is 5.82 Å². The molecule has 0 unspecified atom stereocenters. The summed E-state index contributed by atoms with van der Waals surface area (Å²) in [7, 11) is 0. The lowest BCUT2D eigenvalue weighted by atomic mass is 10.4. The molecule has 0 aromatic carbocycles. The molecule has 0 radical (unpaired) electrons. The third kappa shape index (κ3) is 1.58. The normalized spacial score (nSPS) is 10.0. The van der Waals surface area contributed by atoms with Gasteiger partial charge in [0.05, 0.1) is 6.20 Å². The number of aromatic amines is 1. The number of hydrogen-bond acceptors (Lipinski definition) is 5. The summed E-state index contributed by atoms with van der Waals surface area (Å²) in [4.78, 5) is 25.3. The average Bonchev–Trinajstić information content (AvgIpc) is 2.18. The molecule has 0 atom stereocenters. The van der Waals surface area contributed by atoms with Crippen molar-refractivity contribution in [1.29, 1.82) is 0 Å². The Labute approximate surface area is 78.9 Å². The number of nitrogens with one attached hydrogen (secondary N) is 1. The maximum atomic E-state index is 11.1. The molecule has 2 aromatic rings. The van der Waals surface area contributed by atoms with E-state index in [1.165, 1.54) is 24.7 Å². The third-order valence-electron chi connectivity index (χ3n) is 1.57. The fraction of sp³-hybridized carbons (Fsp3) is 0. The molecule has 0 aliphatic carbocycles. The topological polar surface area (TPSA) is 97.6 Å². The van der Waals surface area contributed by atoms with Crippen molar-refractivity contribution in [3.05, 3.63) is 35.0 Å². The lowest BCUT2D eigenvalue weighted by molar-refractivity contribution is 1.09. The number of rotatable bonds is 1. The largest absolute Gasteiger partial charge is 0.383 e. The first kappa shape index (κ1) is 8.36. The van der Waals surface area contributed by atoms with Crippen LogP contribution in [0.2, 0.25) is 0 Å². The minimum atomic E-state index is -0.307. The fourth-order valence-corrected chi connectivity index (χ4v) is 1.02. The minimum absolute atomic E-state index is 0.161. The second-order valence-electron chi connectivity index (χ2n) is 2.61. The van der Waals surface area contributed by atoms with Crippen LogP contribution in [0.3, 0.4) is 0 Å². The van der Waals surface area contributed by atoms with E-state index in [1.807, 2.05) is 0 Å². The number of anilines is 1. The highest BCUT2D eigenvalue weighted by Crippen LogP contribution is 2.07. The van der Waals surface area contributed by atoms with Gasteiger partial charge in [-0.1, -0.05) is 0 Å². The Hall–Kier alpha value is -2.24. The third-order valence-corrected chi connectivity index (χ3v) is 1.57. The van der Waals surface area contributed by atoms with Crippen molar-refractivity contribution in [3.8, 4) is 11.5 Å². The van der Waals surface area contributed by atoms with Crippen LogP contribution in [-0.2, 0) is 0 Å². The van der Waals surface area contributed by atoms with Crippen LogP contribution in [-0.4, -0.2) is 19.9 Å². The van der Waals surface area contributed by atoms with Gasteiger partial charge >= 0.3 is 0 Å². The highest BCUT2D eigenvalue weighted by Gasteiger charge is 2.02. The van der Waals surface area contributed by atoms with E-state index < -0.39 is 0 Å². The summed E-state index contributed by atoms with van der Waals surface area (Å²) >= 11 is 0. The van der Waals surface area contributed by atoms with Crippen LogP contribution in [0, 0.1) is 0 Å². The standard InChI is InChI=1S/C8H7N5O/c9-6-3-7(14)13-8(12-6)5-4-10-1-2-11-5/h1-4H,(H3,9,12,13,14). The van der Waals surface area contributed by atoms with E-state index in [1.54, 1.807) is 0 Å². The Morgan fingerprint density at radius 2 is 2.21 bits per heavy atom. The van der Waals surface area contributed by atoms with E-state index in [0.717, 1.165) is 0 Å². The monoisotopic (exact) mass is 189 g/mol. The van der Waals surface area contributed by atoms with Gasteiger partial charge in [0.1, 0.15) is 11.5 Å². The number of nitrogens with zero attached hydrogens (tertiary/aromatic N) is 3. The second-order valence-corrected chi connectivity index (χ2v) is 2.61.